The van der Waals surface area contributed by atoms with Crippen molar-refractivity contribution in [3.05, 3.63) is 101 Å². The molecule has 5 rings (SSSR count). The fourth-order valence-corrected chi connectivity index (χ4v) is 5.43. The van der Waals surface area contributed by atoms with Gasteiger partial charge in [0.05, 0.1) is 23.8 Å². The molecular formula is C34H40N8O3. The summed E-state index contributed by atoms with van der Waals surface area (Å²) in [6.07, 6.45) is 0.380. The molecule has 11 heteroatoms. The number of rotatable bonds is 10. The fraction of sp³-hybridized carbons (Fsp3) is 0.294. The van der Waals surface area contributed by atoms with Crippen LogP contribution in [0.1, 0.15) is 60.4 Å². The van der Waals surface area contributed by atoms with Gasteiger partial charge in [-0.3, -0.25) is 14.7 Å². The lowest BCUT2D eigenvalue weighted by Crippen LogP contribution is -2.48. The molecule has 0 fully saturated rings. The summed E-state index contributed by atoms with van der Waals surface area (Å²) in [6, 6.07) is 23.8. The molecule has 1 aromatic heterocycles. The first-order valence-electron chi connectivity index (χ1n) is 15.0. The van der Waals surface area contributed by atoms with Crippen molar-refractivity contribution in [3.8, 4) is 0 Å². The average Bonchev–Trinajstić information content (AvgIpc) is 3.54. The Morgan fingerprint density at radius 2 is 1.64 bits per heavy atom. The van der Waals surface area contributed by atoms with Gasteiger partial charge >= 0.3 is 6.03 Å². The minimum absolute atomic E-state index is 0.0877. The molecule has 0 bridgehead atoms. The Labute approximate surface area is 263 Å². The number of anilines is 4. The second-order valence-electron chi connectivity index (χ2n) is 11.9. The third-order valence-corrected chi connectivity index (χ3v) is 7.90. The normalized spacial score (nSPS) is 14.0. The van der Waals surface area contributed by atoms with Gasteiger partial charge in [0.1, 0.15) is 0 Å². The van der Waals surface area contributed by atoms with E-state index in [4.69, 9.17) is 0 Å². The van der Waals surface area contributed by atoms with Crippen LogP contribution in [-0.2, 0) is 16.9 Å². The molecule has 0 unspecified atom stereocenters. The van der Waals surface area contributed by atoms with E-state index in [1.165, 1.54) is 0 Å². The molecule has 0 spiro atoms. The highest BCUT2D eigenvalue weighted by molar-refractivity contribution is 6.05. The number of H-pyrrole nitrogens is 1. The number of benzene rings is 3. The number of carbonyl (C=O) groups excluding carboxylic acids is 3. The van der Waals surface area contributed by atoms with Crippen molar-refractivity contribution in [2.24, 2.45) is 0 Å². The molecule has 1 aliphatic rings. The smallest absolute Gasteiger partial charge is 0.319 e. The van der Waals surface area contributed by atoms with Crippen LogP contribution in [0.15, 0.2) is 78.9 Å². The number of nitrogens with one attached hydrogen (secondary N) is 5. The van der Waals surface area contributed by atoms with Gasteiger partial charge in [-0.1, -0.05) is 43.3 Å². The van der Waals surface area contributed by atoms with Crippen molar-refractivity contribution in [3.63, 3.8) is 0 Å². The highest BCUT2D eigenvalue weighted by Gasteiger charge is 2.44. The van der Waals surface area contributed by atoms with Gasteiger partial charge in [-0.25, -0.2) is 4.79 Å². The van der Waals surface area contributed by atoms with Gasteiger partial charge in [0.2, 0.25) is 5.91 Å². The Hall–Kier alpha value is -5.16. The summed E-state index contributed by atoms with van der Waals surface area (Å²) < 4.78 is 0. The zero-order valence-electron chi connectivity index (χ0n) is 26.3. The molecule has 1 aliphatic heterocycles. The largest absolute Gasteiger partial charge is 0.338 e. The van der Waals surface area contributed by atoms with E-state index in [1.807, 2.05) is 81.4 Å². The fourth-order valence-electron chi connectivity index (χ4n) is 5.43. The molecule has 5 N–H and O–H groups in total. The number of urea groups is 1. The van der Waals surface area contributed by atoms with Crippen LogP contribution in [0.25, 0.3) is 0 Å². The maximum absolute atomic E-state index is 13.7. The van der Waals surface area contributed by atoms with Gasteiger partial charge in [-0.15, -0.1) is 0 Å². The zero-order chi connectivity index (χ0) is 32.1. The van der Waals surface area contributed by atoms with Crippen molar-refractivity contribution >= 4 is 40.7 Å². The third kappa shape index (κ3) is 7.15. The van der Waals surface area contributed by atoms with Gasteiger partial charge < -0.3 is 31.1 Å². The summed E-state index contributed by atoms with van der Waals surface area (Å²) in [6.45, 7) is 6.83. The summed E-state index contributed by atoms with van der Waals surface area (Å²) >= 11 is 0. The highest BCUT2D eigenvalue weighted by Crippen LogP contribution is 2.41. The van der Waals surface area contributed by atoms with Gasteiger partial charge in [0, 0.05) is 41.2 Å². The second kappa shape index (κ2) is 13.2. The van der Waals surface area contributed by atoms with Gasteiger partial charge in [0.15, 0.2) is 5.82 Å². The van der Waals surface area contributed by atoms with Gasteiger partial charge in [0.25, 0.3) is 5.91 Å². The van der Waals surface area contributed by atoms with Crippen LogP contribution >= 0.6 is 0 Å². The predicted octanol–water partition coefficient (Wildman–Crippen LogP) is 5.82. The maximum atomic E-state index is 13.7. The number of fused-ring (bicyclic) bond motifs is 1. The molecule has 0 radical (unpaired) electrons. The third-order valence-electron chi connectivity index (χ3n) is 7.90. The lowest BCUT2D eigenvalue weighted by Gasteiger charge is -2.34. The summed E-state index contributed by atoms with van der Waals surface area (Å²) in [5, 5.41) is 20.0. The molecule has 11 nitrogen and oxygen atoms in total. The average molecular weight is 609 g/mol. The predicted molar refractivity (Wildman–Crippen MR) is 176 cm³/mol. The van der Waals surface area contributed by atoms with Crippen molar-refractivity contribution in [1.29, 1.82) is 0 Å². The standard InChI is InChI=1S/C34H40N8O3/c1-6-29(43)35-24-17-15-23(16-18-24)32(44)37-26-14-10-13-25(19-26)36-31-27-20-42(34(2,3)30(27)39-40-31)33(45)38-28(21-41(4)5)22-11-8-7-9-12-22/h7-19,28H,6,20-21H2,1-5H3,(H,35,43)(H,37,44)(H,38,45)(H2,36,39,40)/t28-/m1/s1. The summed E-state index contributed by atoms with van der Waals surface area (Å²) in [7, 11) is 3.98. The Morgan fingerprint density at radius 1 is 0.933 bits per heavy atom. The Kier molecular flexibility index (Phi) is 9.19. The first-order chi connectivity index (χ1) is 21.5. The van der Waals surface area contributed by atoms with E-state index in [0.29, 0.717) is 42.3 Å². The van der Waals surface area contributed by atoms with Crippen LogP contribution in [0.4, 0.5) is 27.7 Å². The monoisotopic (exact) mass is 608 g/mol. The summed E-state index contributed by atoms with van der Waals surface area (Å²) in [4.78, 5) is 42.1. The van der Waals surface area contributed by atoms with Crippen LogP contribution in [0.3, 0.4) is 0 Å². The Balaban J connectivity index is 1.26. The van der Waals surface area contributed by atoms with E-state index >= 15 is 0 Å². The molecule has 3 aromatic carbocycles. The number of aromatic amines is 1. The Morgan fingerprint density at radius 3 is 2.33 bits per heavy atom. The van der Waals surface area contributed by atoms with Crippen molar-refractivity contribution < 1.29 is 14.4 Å². The van der Waals surface area contributed by atoms with Gasteiger partial charge in [-0.05, 0) is 76.0 Å². The first kappa shape index (κ1) is 31.3. The van der Waals surface area contributed by atoms with Crippen molar-refractivity contribution in [2.45, 2.75) is 45.3 Å². The molecule has 234 valence electrons. The molecule has 45 heavy (non-hydrogen) atoms. The second-order valence-corrected chi connectivity index (χ2v) is 11.9. The van der Waals surface area contributed by atoms with Crippen molar-refractivity contribution in [1.82, 2.24) is 25.3 Å². The van der Waals surface area contributed by atoms with Crippen LogP contribution in [0.2, 0.25) is 0 Å². The molecular weight excluding hydrogens is 568 g/mol. The van der Waals surface area contributed by atoms with E-state index in [0.717, 1.165) is 22.5 Å². The van der Waals surface area contributed by atoms with Crippen LogP contribution in [-0.4, -0.2) is 58.5 Å². The van der Waals surface area contributed by atoms with Crippen molar-refractivity contribution in [2.75, 3.05) is 36.6 Å². The highest BCUT2D eigenvalue weighted by atomic mass is 16.2. The van der Waals surface area contributed by atoms with E-state index in [2.05, 4.69) is 36.4 Å². The summed E-state index contributed by atoms with van der Waals surface area (Å²) in [5.74, 6) is 0.262. The number of carbonyl (C=O) groups is 3. The SMILES string of the molecule is CCC(=O)Nc1ccc(C(=O)Nc2cccc(Nc3n[nH]c4c3CN(C(=O)N[C@H](CN(C)C)c3ccccc3)C4(C)C)c2)cc1. The Bertz CT molecular complexity index is 1660. The number of aromatic nitrogens is 2. The van der Waals surface area contributed by atoms with E-state index in [9.17, 15) is 14.4 Å². The molecule has 0 aliphatic carbocycles. The van der Waals surface area contributed by atoms with E-state index in [-0.39, 0.29) is 23.9 Å². The number of hydrogen-bond donors (Lipinski definition) is 5. The van der Waals surface area contributed by atoms with Crippen LogP contribution in [0, 0.1) is 0 Å². The van der Waals surface area contributed by atoms with Gasteiger partial charge in [-0.2, -0.15) is 5.10 Å². The minimum atomic E-state index is -0.615. The number of hydrogen-bond acceptors (Lipinski definition) is 6. The lowest BCUT2D eigenvalue weighted by molar-refractivity contribution is -0.115. The molecule has 4 aromatic rings. The molecule has 2 heterocycles. The minimum Gasteiger partial charge on any atom is -0.338 e. The summed E-state index contributed by atoms with van der Waals surface area (Å²) in [5.41, 5.74) is 4.65. The number of nitrogens with zero attached hydrogens (tertiary/aromatic N) is 3. The number of likely N-dealkylation sites (N-methyl/N-ethyl adjacent to an activating group) is 1. The molecule has 4 amide bonds. The van der Waals surface area contributed by atoms with Crippen LogP contribution < -0.4 is 21.3 Å². The number of amides is 4. The van der Waals surface area contributed by atoms with E-state index in [1.54, 1.807) is 37.3 Å². The van der Waals surface area contributed by atoms with Crippen LogP contribution in [0.5, 0.6) is 0 Å². The quantitative estimate of drug-likeness (QED) is 0.154. The molecule has 0 saturated heterocycles. The van der Waals surface area contributed by atoms with E-state index < -0.39 is 5.54 Å². The topological polar surface area (TPSA) is 134 Å². The lowest BCUT2D eigenvalue weighted by atomic mass is 10.0. The molecule has 1 atom stereocenters. The molecule has 0 saturated carbocycles. The maximum Gasteiger partial charge on any atom is 0.319 e. The first-order valence-corrected chi connectivity index (χ1v) is 15.0. The zero-order valence-corrected chi connectivity index (χ0v) is 26.3.